The first-order valence-corrected chi connectivity index (χ1v) is 16.6. The fourth-order valence-corrected chi connectivity index (χ4v) is 11.9. The van der Waals surface area contributed by atoms with Crippen LogP contribution in [0.25, 0.3) is 0 Å². The Morgan fingerprint density at radius 2 is 1.60 bits per heavy atom. The molecule has 0 unspecified atom stereocenters. The Morgan fingerprint density at radius 3 is 2.19 bits per heavy atom. The number of ether oxygens (including phenoxy) is 1. The molecule has 0 aromatic rings. The summed E-state index contributed by atoms with van der Waals surface area (Å²) in [6.45, 7) is 17.9. The fourth-order valence-electron chi connectivity index (χ4n) is 11.9. The fraction of sp³-hybridized carbons (Fsp3) is 0.941. The summed E-state index contributed by atoms with van der Waals surface area (Å²) in [5, 5.41) is 35.0. The zero-order valence-electron chi connectivity index (χ0n) is 27.3. The lowest BCUT2D eigenvalue weighted by molar-refractivity contribution is -0.240. The lowest BCUT2D eigenvalue weighted by Gasteiger charge is -2.71. The van der Waals surface area contributed by atoms with Gasteiger partial charge >= 0.3 is 5.97 Å². The monoisotopic (exact) mass is 590 g/mol. The first-order valence-electron chi connectivity index (χ1n) is 16.6. The molecule has 6 N–H and O–H groups in total. The maximum Gasteiger partial charge on any atom is 0.305 e. The lowest BCUT2D eigenvalue weighted by Crippen LogP contribution is -2.68. The predicted molar refractivity (Wildman–Crippen MR) is 161 cm³/mol. The van der Waals surface area contributed by atoms with Gasteiger partial charge in [-0.2, -0.15) is 0 Å². The molecule has 42 heavy (non-hydrogen) atoms. The Bertz CT molecular complexity index is 1090. The Hall–Kier alpha value is -1.22. The summed E-state index contributed by atoms with van der Waals surface area (Å²) in [6, 6.07) is -1.12. The quantitative estimate of drug-likeness (QED) is 0.303. The summed E-state index contributed by atoms with van der Waals surface area (Å²) in [6.07, 6.45) is 7.70. The van der Waals surface area contributed by atoms with Gasteiger partial charge in [-0.05, 0) is 124 Å². The summed E-state index contributed by atoms with van der Waals surface area (Å²) in [7, 11) is 0. The van der Waals surface area contributed by atoms with Crippen molar-refractivity contribution in [1.82, 2.24) is 5.32 Å². The Labute approximate surface area is 252 Å². The molecule has 1 saturated heterocycles. The number of carboxylic acids is 1. The molecule has 4 saturated carbocycles. The van der Waals surface area contributed by atoms with Crippen molar-refractivity contribution in [1.29, 1.82) is 0 Å². The highest BCUT2D eigenvalue weighted by Crippen LogP contribution is 2.76. The predicted octanol–water partition coefficient (Wildman–Crippen LogP) is 4.64. The molecule has 1 amide bonds. The summed E-state index contributed by atoms with van der Waals surface area (Å²) < 4.78 is 6.69. The van der Waals surface area contributed by atoms with Crippen LogP contribution in [0.5, 0.6) is 0 Å². The third-order valence-electron chi connectivity index (χ3n) is 14.4. The van der Waals surface area contributed by atoms with Gasteiger partial charge in [0.1, 0.15) is 0 Å². The van der Waals surface area contributed by atoms with Crippen LogP contribution in [0, 0.1) is 45.3 Å². The van der Waals surface area contributed by atoms with E-state index in [0.717, 1.165) is 57.8 Å². The van der Waals surface area contributed by atoms with Crippen molar-refractivity contribution in [2.45, 2.75) is 155 Å². The number of rotatable bonds is 6. The van der Waals surface area contributed by atoms with Gasteiger partial charge in [0.15, 0.2) is 0 Å². The van der Waals surface area contributed by atoms with Crippen molar-refractivity contribution in [3.63, 3.8) is 0 Å². The van der Waals surface area contributed by atoms with Gasteiger partial charge < -0.3 is 31.1 Å². The molecule has 1 heterocycles. The van der Waals surface area contributed by atoms with Crippen LogP contribution in [0.15, 0.2) is 0 Å². The number of hydrogen-bond donors (Lipinski definition) is 5. The van der Waals surface area contributed by atoms with E-state index in [-0.39, 0.29) is 63.6 Å². The second-order valence-electron chi connectivity index (χ2n) is 17.2. The number of amides is 1. The molecule has 240 valence electrons. The minimum atomic E-state index is -1.07. The summed E-state index contributed by atoms with van der Waals surface area (Å²) >= 11 is 0. The third kappa shape index (κ3) is 4.68. The highest BCUT2D eigenvalue weighted by atomic mass is 16.5. The number of hydrogen-bond acceptors (Lipinski definition) is 6. The SMILES string of the molecule is CC(C)(O)[C@H]1CC[C@@](C)([C@H]2CC[C@]3(C)[C@@H]2[C@H](O)C[C@@H]2[C@@]4(C)CC[C@H](NC(=O)[C@@H](N)CC(=O)O)C(C)(C)[C@@H]4CC[C@]23C)O1. The number of nitrogens with two attached hydrogens (primary N) is 1. The number of aliphatic hydroxyl groups is 2. The minimum Gasteiger partial charge on any atom is -0.481 e. The number of carboxylic acid groups (broad SMARTS) is 1. The molecule has 5 fully saturated rings. The Kier molecular flexibility index (Phi) is 7.78. The summed E-state index contributed by atoms with van der Waals surface area (Å²) in [5.74, 6) is -0.276. The number of carbonyl (C=O) groups excluding carboxylic acids is 1. The molecule has 8 heteroatoms. The molecule has 12 atom stereocenters. The molecular formula is C34H58N2O6. The highest BCUT2D eigenvalue weighted by molar-refractivity contribution is 5.86. The second kappa shape index (κ2) is 10.1. The van der Waals surface area contributed by atoms with Crippen LogP contribution in [0.4, 0.5) is 0 Å². The molecule has 0 aromatic carbocycles. The normalized spacial score (nSPS) is 49.0. The van der Waals surface area contributed by atoms with Crippen LogP contribution < -0.4 is 11.1 Å². The van der Waals surface area contributed by atoms with Crippen molar-refractivity contribution in [3.8, 4) is 0 Å². The van der Waals surface area contributed by atoms with Crippen molar-refractivity contribution in [2.24, 2.45) is 51.1 Å². The van der Waals surface area contributed by atoms with E-state index in [0.29, 0.717) is 11.8 Å². The first kappa shape index (κ1) is 32.2. The molecule has 0 spiro atoms. The van der Waals surface area contributed by atoms with Gasteiger partial charge in [-0.1, -0.05) is 34.6 Å². The van der Waals surface area contributed by atoms with Gasteiger partial charge in [-0.15, -0.1) is 0 Å². The van der Waals surface area contributed by atoms with E-state index in [1.165, 1.54) is 0 Å². The van der Waals surface area contributed by atoms with E-state index in [1.54, 1.807) is 0 Å². The van der Waals surface area contributed by atoms with Crippen LogP contribution in [0.2, 0.25) is 0 Å². The standard InChI is InChI=1S/C34H58N2O6/c1-29(2)22-10-15-32(6)23(31(22,5)13-11-24(29)36-28(40)20(35)17-26(38)39)18-21(37)27-19(9-14-33(27,32)7)34(8)16-12-25(42-34)30(3,4)41/h19-25,27,37,41H,9-18,35H2,1-8H3,(H,36,40)(H,38,39)/t19-,20-,21+,22-,23+,24-,25+,27-,31-,32+,33+,34-/m0/s1. The number of fused-ring (bicyclic) bond motifs is 5. The molecule has 5 aliphatic rings. The summed E-state index contributed by atoms with van der Waals surface area (Å²) in [5.41, 5.74) is 4.61. The average molecular weight is 591 g/mol. The third-order valence-corrected chi connectivity index (χ3v) is 14.4. The van der Waals surface area contributed by atoms with Crippen LogP contribution in [0.3, 0.4) is 0 Å². The number of aliphatic hydroxyl groups excluding tert-OH is 1. The average Bonchev–Trinajstić information content (AvgIpc) is 3.45. The van der Waals surface area contributed by atoms with Crippen molar-refractivity contribution < 1.29 is 29.6 Å². The van der Waals surface area contributed by atoms with Gasteiger partial charge in [-0.3, -0.25) is 9.59 Å². The van der Waals surface area contributed by atoms with Gasteiger partial charge in [0.25, 0.3) is 0 Å². The minimum absolute atomic E-state index is 0.00796. The summed E-state index contributed by atoms with van der Waals surface area (Å²) in [4.78, 5) is 24.0. The smallest absolute Gasteiger partial charge is 0.305 e. The van der Waals surface area contributed by atoms with E-state index in [9.17, 15) is 19.8 Å². The van der Waals surface area contributed by atoms with E-state index in [4.69, 9.17) is 15.6 Å². The zero-order valence-corrected chi connectivity index (χ0v) is 27.3. The molecule has 8 nitrogen and oxygen atoms in total. The highest BCUT2D eigenvalue weighted by Gasteiger charge is 2.72. The number of aliphatic carboxylic acids is 1. The first-order chi connectivity index (χ1) is 19.2. The van der Waals surface area contributed by atoms with E-state index in [1.807, 2.05) is 13.8 Å². The maximum absolute atomic E-state index is 12.8. The molecule has 0 radical (unpaired) electrons. The van der Waals surface area contributed by atoms with Crippen molar-refractivity contribution >= 4 is 11.9 Å². The molecule has 0 bridgehead atoms. The van der Waals surface area contributed by atoms with E-state index < -0.39 is 23.7 Å². The van der Waals surface area contributed by atoms with E-state index in [2.05, 4.69) is 46.9 Å². The van der Waals surface area contributed by atoms with Crippen molar-refractivity contribution in [3.05, 3.63) is 0 Å². The van der Waals surface area contributed by atoms with Gasteiger partial charge in [0.05, 0.1) is 35.9 Å². The molecule has 1 aliphatic heterocycles. The molecule has 0 aromatic heterocycles. The van der Waals surface area contributed by atoms with Gasteiger partial charge in [0, 0.05) is 6.04 Å². The molecule has 5 rings (SSSR count). The second-order valence-corrected chi connectivity index (χ2v) is 17.2. The number of carbonyl (C=O) groups is 2. The van der Waals surface area contributed by atoms with Gasteiger partial charge in [-0.25, -0.2) is 0 Å². The Morgan fingerprint density at radius 1 is 0.952 bits per heavy atom. The van der Waals surface area contributed by atoms with Crippen LogP contribution in [0.1, 0.15) is 120 Å². The largest absolute Gasteiger partial charge is 0.481 e. The zero-order chi connectivity index (χ0) is 31.3. The topological polar surface area (TPSA) is 142 Å². The Balaban J connectivity index is 1.39. The lowest BCUT2D eigenvalue weighted by atomic mass is 9.35. The van der Waals surface area contributed by atoms with Crippen LogP contribution >= 0.6 is 0 Å². The van der Waals surface area contributed by atoms with Crippen LogP contribution in [-0.4, -0.2) is 62.7 Å². The van der Waals surface area contributed by atoms with E-state index >= 15 is 0 Å². The van der Waals surface area contributed by atoms with Crippen LogP contribution in [-0.2, 0) is 14.3 Å². The van der Waals surface area contributed by atoms with Crippen molar-refractivity contribution in [2.75, 3.05) is 0 Å². The number of nitrogens with one attached hydrogen (secondary N) is 1. The molecule has 4 aliphatic carbocycles. The molecular weight excluding hydrogens is 532 g/mol. The van der Waals surface area contributed by atoms with Gasteiger partial charge in [0.2, 0.25) is 5.91 Å². The maximum atomic E-state index is 12.8.